The molecular weight excluding hydrogens is 393 g/mol. The minimum Gasteiger partial charge on any atom is -0.486 e. The van der Waals surface area contributed by atoms with Crippen LogP contribution in [-0.4, -0.2) is 35.0 Å². The summed E-state index contributed by atoms with van der Waals surface area (Å²) in [6.07, 6.45) is 1.78. The number of halogens is 1. The molecule has 0 aliphatic carbocycles. The first-order valence-corrected chi connectivity index (χ1v) is 10.4. The number of ether oxygens (including phenoxy) is 1. The molecule has 1 fully saturated rings. The fourth-order valence-corrected chi connectivity index (χ4v) is 3.68. The van der Waals surface area contributed by atoms with Crippen molar-refractivity contribution < 1.29 is 13.9 Å². The molecule has 0 saturated carbocycles. The Bertz CT molecular complexity index is 1060. The van der Waals surface area contributed by atoms with E-state index in [1.54, 1.807) is 18.3 Å². The van der Waals surface area contributed by atoms with E-state index in [4.69, 9.17) is 10.5 Å². The van der Waals surface area contributed by atoms with Crippen molar-refractivity contribution in [2.24, 2.45) is 5.73 Å². The number of aromatic nitrogens is 1. The number of hydrogen-bond acceptors (Lipinski definition) is 4. The Balaban J connectivity index is 1.29. The second kappa shape index (κ2) is 8.86. The van der Waals surface area contributed by atoms with Gasteiger partial charge < -0.3 is 10.5 Å². The summed E-state index contributed by atoms with van der Waals surface area (Å²) in [5, 5.41) is 0. The lowest BCUT2D eigenvalue weighted by Crippen LogP contribution is -2.53. The lowest BCUT2D eigenvalue weighted by atomic mass is 10.0. The lowest BCUT2D eigenvalue weighted by molar-refractivity contribution is 0.0144. The lowest BCUT2D eigenvalue weighted by Gasteiger charge is -2.39. The maximum absolute atomic E-state index is 14.0. The van der Waals surface area contributed by atoms with Gasteiger partial charge in [-0.05, 0) is 41.3 Å². The van der Waals surface area contributed by atoms with Gasteiger partial charge in [0.2, 0.25) is 0 Å². The summed E-state index contributed by atoms with van der Waals surface area (Å²) >= 11 is 0. The number of carbonyl (C=O) groups excluding carboxylic acids is 1. The normalized spacial score (nSPS) is 14.5. The Hall–Kier alpha value is -3.25. The fourth-order valence-electron chi connectivity index (χ4n) is 3.68. The summed E-state index contributed by atoms with van der Waals surface area (Å²) in [5.41, 5.74) is 8.85. The van der Waals surface area contributed by atoms with Gasteiger partial charge in [0.05, 0.1) is 17.5 Å². The predicted octanol–water partition coefficient (Wildman–Crippen LogP) is 4.37. The summed E-state index contributed by atoms with van der Waals surface area (Å²) in [6, 6.07) is 16.7. The zero-order valence-electron chi connectivity index (χ0n) is 17.7. The average Bonchev–Trinajstić information content (AvgIpc) is 2.72. The maximum Gasteiger partial charge on any atom is 0.251 e. The second-order valence-corrected chi connectivity index (χ2v) is 8.27. The van der Waals surface area contributed by atoms with Gasteiger partial charge in [0.25, 0.3) is 5.91 Å². The van der Waals surface area contributed by atoms with E-state index in [0.29, 0.717) is 22.9 Å². The van der Waals surface area contributed by atoms with Crippen LogP contribution in [0.5, 0.6) is 5.75 Å². The number of pyridine rings is 1. The SMILES string of the molecule is CC(C)c1ccc(CN2CC(Oc3ccc(-c4ccc(C(N)=O)c(F)c4)nc3)C2)cc1. The van der Waals surface area contributed by atoms with E-state index in [0.717, 1.165) is 19.6 Å². The minimum absolute atomic E-state index is 0.130. The van der Waals surface area contributed by atoms with Crippen molar-refractivity contribution in [2.45, 2.75) is 32.4 Å². The number of likely N-dealkylation sites (tertiary alicyclic amines) is 1. The molecule has 31 heavy (non-hydrogen) atoms. The molecule has 1 aliphatic heterocycles. The maximum atomic E-state index is 14.0. The van der Waals surface area contributed by atoms with E-state index in [-0.39, 0.29) is 11.7 Å². The molecule has 5 nitrogen and oxygen atoms in total. The predicted molar refractivity (Wildman–Crippen MR) is 118 cm³/mol. The van der Waals surface area contributed by atoms with Gasteiger partial charge >= 0.3 is 0 Å². The smallest absolute Gasteiger partial charge is 0.251 e. The Morgan fingerprint density at radius 1 is 1.16 bits per heavy atom. The van der Waals surface area contributed by atoms with Crippen molar-refractivity contribution in [3.63, 3.8) is 0 Å². The number of nitrogens with two attached hydrogens (primary N) is 1. The van der Waals surface area contributed by atoms with E-state index >= 15 is 0 Å². The average molecular weight is 420 g/mol. The zero-order valence-corrected chi connectivity index (χ0v) is 17.7. The highest BCUT2D eigenvalue weighted by Crippen LogP contribution is 2.24. The third-order valence-corrected chi connectivity index (χ3v) is 5.55. The fraction of sp³-hybridized carbons (Fsp3) is 0.280. The molecule has 2 heterocycles. The molecule has 0 radical (unpaired) electrons. The Morgan fingerprint density at radius 2 is 1.90 bits per heavy atom. The summed E-state index contributed by atoms with van der Waals surface area (Å²) in [4.78, 5) is 17.9. The van der Waals surface area contributed by atoms with Crippen LogP contribution < -0.4 is 10.5 Å². The number of amides is 1. The van der Waals surface area contributed by atoms with E-state index < -0.39 is 11.7 Å². The van der Waals surface area contributed by atoms with Crippen LogP contribution in [0, 0.1) is 5.82 Å². The molecule has 1 aliphatic rings. The van der Waals surface area contributed by atoms with Crippen LogP contribution >= 0.6 is 0 Å². The standard InChI is InChI=1S/C25H26FN3O2/c1-16(2)18-5-3-17(4-6-18)13-29-14-21(15-29)31-20-8-10-24(28-12-20)19-7-9-22(25(27)30)23(26)11-19/h3-12,16,21H,13-15H2,1-2H3,(H2,27,30). The molecule has 1 amide bonds. The Labute approximate surface area is 181 Å². The number of rotatable bonds is 7. The van der Waals surface area contributed by atoms with E-state index in [2.05, 4.69) is 48.0 Å². The molecule has 1 saturated heterocycles. The van der Waals surface area contributed by atoms with Crippen molar-refractivity contribution in [3.8, 4) is 17.0 Å². The molecular formula is C25H26FN3O2. The van der Waals surface area contributed by atoms with Crippen LogP contribution in [0.2, 0.25) is 0 Å². The summed E-state index contributed by atoms with van der Waals surface area (Å²) in [7, 11) is 0. The molecule has 2 N–H and O–H groups in total. The molecule has 2 aromatic carbocycles. The van der Waals surface area contributed by atoms with E-state index in [9.17, 15) is 9.18 Å². The van der Waals surface area contributed by atoms with Gasteiger partial charge in [0.15, 0.2) is 0 Å². The minimum atomic E-state index is -0.789. The largest absolute Gasteiger partial charge is 0.486 e. The van der Waals surface area contributed by atoms with Crippen LogP contribution in [-0.2, 0) is 6.54 Å². The highest BCUT2D eigenvalue weighted by atomic mass is 19.1. The van der Waals surface area contributed by atoms with Gasteiger partial charge in [-0.1, -0.05) is 44.2 Å². The quantitative estimate of drug-likeness (QED) is 0.617. The molecule has 160 valence electrons. The molecule has 0 atom stereocenters. The van der Waals surface area contributed by atoms with Crippen molar-refractivity contribution in [2.75, 3.05) is 13.1 Å². The highest BCUT2D eigenvalue weighted by Gasteiger charge is 2.28. The van der Waals surface area contributed by atoms with Crippen LogP contribution in [0.4, 0.5) is 4.39 Å². The number of benzene rings is 2. The molecule has 6 heteroatoms. The topological polar surface area (TPSA) is 68.5 Å². The molecule has 0 spiro atoms. The van der Waals surface area contributed by atoms with Crippen LogP contribution in [0.1, 0.15) is 41.3 Å². The summed E-state index contributed by atoms with van der Waals surface area (Å²) in [6.45, 7) is 7.06. The molecule has 0 bridgehead atoms. The van der Waals surface area contributed by atoms with Crippen molar-refractivity contribution >= 4 is 5.91 Å². The summed E-state index contributed by atoms with van der Waals surface area (Å²) in [5.74, 6) is -0.211. The van der Waals surface area contributed by atoms with Crippen LogP contribution in [0.15, 0.2) is 60.8 Å². The van der Waals surface area contributed by atoms with Gasteiger partial charge in [0, 0.05) is 25.2 Å². The van der Waals surface area contributed by atoms with Gasteiger partial charge in [0.1, 0.15) is 17.7 Å². The molecule has 4 rings (SSSR count). The van der Waals surface area contributed by atoms with Gasteiger partial charge in [-0.15, -0.1) is 0 Å². The second-order valence-electron chi connectivity index (χ2n) is 8.27. The van der Waals surface area contributed by atoms with E-state index in [1.807, 2.05) is 6.07 Å². The van der Waals surface area contributed by atoms with Crippen molar-refractivity contribution in [3.05, 3.63) is 83.3 Å². The number of carbonyl (C=O) groups is 1. The van der Waals surface area contributed by atoms with Crippen LogP contribution in [0.25, 0.3) is 11.3 Å². The Morgan fingerprint density at radius 3 is 2.48 bits per heavy atom. The van der Waals surface area contributed by atoms with Gasteiger partial charge in [-0.2, -0.15) is 0 Å². The van der Waals surface area contributed by atoms with Gasteiger partial charge in [-0.25, -0.2) is 4.39 Å². The first-order chi connectivity index (χ1) is 14.9. The number of nitrogens with zero attached hydrogens (tertiary/aromatic N) is 2. The molecule has 0 unspecified atom stereocenters. The number of primary amides is 1. The first-order valence-electron chi connectivity index (χ1n) is 10.4. The third kappa shape index (κ3) is 4.91. The third-order valence-electron chi connectivity index (χ3n) is 5.55. The van der Waals surface area contributed by atoms with Crippen LogP contribution in [0.3, 0.4) is 0 Å². The molecule has 3 aromatic rings. The number of hydrogen-bond donors (Lipinski definition) is 1. The monoisotopic (exact) mass is 419 g/mol. The highest BCUT2D eigenvalue weighted by molar-refractivity contribution is 5.93. The van der Waals surface area contributed by atoms with Gasteiger partial charge in [-0.3, -0.25) is 14.7 Å². The van der Waals surface area contributed by atoms with Crippen molar-refractivity contribution in [1.82, 2.24) is 9.88 Å². The Kier molecular flexibility index (Phi) is 6.00. The summed E-state index contributed by atoms with van der Waals surface area (Å²) < 4.78 is 20.0. The zero-order chi connectivity index (χ0) is 22.0. The first kappa shape index (κ1) is 21.0. The van der Waals surface area contributed by atoms with E-state index in [1.165, 1.54) is 23.3 Å². The van der Waals surface area contributed by atoms with Crippen molar-refractivity contribution in [1.29, 1.82) is 0 Å². The molecule has 1 aromatic heterocycles.